The standard InChI is InChI=1S/C20H17F6NO3.C18H14BrF6NO/c21-19(22,23)18(29,20(24,25)26)16-4-1-13(2-5-16)10-27-8-7-15-9-14(11-30-12-28)3-6-17(15)27;19-14-5-6-15-12(9-14)7-8-26(15)10-11-1-3-13(4-2-11)16(27,17(20,21)22)18(23,24)25/h1-6,9,12,29H,7-8,10-11H2;1-6,9,27H,7-8,10H2. The molecule has 0 unspecified atom stereocenters. The highest BCUT2D eigenvalue weighted by molar-refractivity contribution is 9.10. The Morgan fingerprint density at radius 2 is 0.930 bits per heavy atom. The van der Waals surface area contributed by atoms with Gasteiger partial charge in [-0.2, -0.15) is 52.7 Å². The second kappa shape index (κ2) is 16.0. The second-order valence-electron chi connectivity index (χ2n) is 13.3. The lowest BCUT2D eigenvalue weighted by Crippen LogP contribution is -2.53. The minimum atomic E-state index is -5.91. The van der Waals surface area contributed by atoms with Crippen LogP contribution in [0.4, 0.5) is 64.1 Å². The normalized spacial score (nSPS) is 14.9. The molecule has 2 N–H and O–H groups in total. The van der Waals surface area contributed by atoms with Crippen LogP contribution >= 0.6 is 15.9 Å². The molecule has 0 aromatic heterocycles. The van der Waals surface area contributed by atoms with Crippen molar-refractivity contribution in [3.05, 3.63) is 128 Å². The van der Waals surface area contributed by atoms with Crippen LogP contribution in [0.5, 0.6) is 0 Å². The molecule has 0 saturated heterocycles. The maximum atomic E-state index is 13.0. The van der Waals surface area contributed by atoms with E-state index in [9.17, 15) is 67.7 Å². The van der Waals surface area contributed by atoms with Crippen LogP contribution in [0.25, 0.3) is 0 Å². The molecule has 19 heteroatoms. The summed E-state index contributed by atoms with van der Waals surface area (Å²) >= 11 is 3.38. The van der Waals surface area contributed by atoms with Crippen LogP contribution in [0.2, 0.25) is 0 Å². The van der Waals surface area contributed by atoms with Crippen molar-refractivity contribution < 1.29 is 72.4 Å². The summed E-state index contributed by atoms with van der Waals surface area (Å²) in [5.74, 6) is 0. The summed E-state index contributed by atoms with van der Waals surface area (Å²) in [6.45, 7) is 2.41. The van der Waals surface area contributed by atoms with Crippen molar-refractivity contribution in [1.29, 1.82) is 0 Å². The molecule has 2 aliphatic rings. The van der Waals surface area contributed by atoms with Gasteiger partial charge < -0.3 is 24.7 Å². The van der Waals surface area contributed by atoms with Crippen molar-refractivity contribution in [1.82, 2.24) is 0 Å². The molecular formula is C38H31BrF12N2O4. The molecule has 4 aromatic rings. The van der Waals surface area contributed by atoms with Crippen LogP contribution in [-0.2, 0) is 53.3 Å². The fourth-order valence-electron chi connectivity index (χ4n) is 6.63. The third-order valence-electron chi connectivity index (χ3n) is 9.62. The van der Waals surface area contributed by atoms with Gasteiger partial charge in [-0.05, 0) is 64.9 Å². The summed E-state index contributed by atoms with van der Waals surface area (Å²) in [4.78, 5) is 14.2. The third-order valence-corrected chi connectivity index (χ3v) is 10.1. The average Bonchev–Trinajstić information content (AvgIpc) is 3.71. The molecule has 2 heterocycles. The molecule has 0 fully saturated rings. The highest BCUT2D eigenvalue weighted by atomic mass is 79.9. The van der Waals surface area contributed by atoms with Crippen LogP contribution in [0.1, 0.15) is 38.9 Å². The number of carbonyl (C=O) groups excluding carboxylic acids is 1. The lowest BCUT2D eigenvalue weighted by atomic mass is 9.91. The Labute approximate surface area is 325 Å². The van der Waals surface area contributed by atoms with Gasteiger partial charge in [0.25, 0.3) is 17.7 Å². The Morgan fingerprint density at radius 3 is 1.32 bits per heavy atom. The van der Waals surface area contributed by atoms with E-state index in [-0.39, 0.29) is 13.2 Å². The summed E-state index contributed by atoms with van der Waals surface area (Å²) in [7, 11) is 0. The van der Waals surface area contributed by atoms with Gasteiger partial charge in [-0.25, -0.2) is 0 Å². The molecule has 2 aliphatic heterocycles. The Hall–Kier alpha value is -4.49. The van der Waals surface area contributed by atoms with E-state index in [1.807, 2.05) is 40.1 Å². The van der Waals surface area contributed by atoms with Gasteiger partial charge in [0, 0.05) is 53.2 Å². The number of nitrogens with zero attached hydrogens (tertiary/aromatic N) is 2. The first-order chi connectivity index (χ1) is 26.4. The number of aliphatic hydroxyl groups is 2. The van der Waals surface area contributed by atoms with E-state index in [4.69, 9.17) is 4.74 Å². The maximum Gasteiger partial charge on any atom is 0.430 e. The van der Waals surface area contributed by atoms with Gasteiger partial charge in [-0.15, -0.1) is 0 Å². The number of fused-ring (bicyclic) bond motifs is 2. The fourth-order valence-corrected chi connectivity index (χ4v) is 7.04. The monoisotopic (exact) mass is 886 g/mol. The second-order valence-corrected chi connectivity index (χ2v) is 14.2. The summed E-state index contributed by atoms with van der Waals surface area (Å²) in [5.41, 5.74) is -6.54. The van der Waals surface area contributed by atoms with Gasteiger partial charge in [0.15, 0.2) is 0 Å². The summed E-state index contributed by atoms with van der Waals surface area (Å²) in [5, 5.41) is 18.9. The van der Waals surface area contributed by atoms with E-state index < -0.39 is 47.0 Å². The summed E-state index contributed by atoms with van der Waals surface area (Å²) in [6.07, 6.45) is -22.1. The van der Waals surface area contributed by atoms with E-state index in [1.165, 1.54) is 12.1 Å². The van der Waals surface area contributed by atoms with Crippen molar-refractivity contribution in [2.75, 3.05) is 22.9 Å². The molecule has 6 rings (SSSR count). The third kappa shape index (κ3) is 8.84. The Balaban J connectivity index is 0.000000219. The predicted molar refractivity (Wildman–Crippen MR) is 186 cm³/mol. The van der Waals surface area contributed by atoms with E-state index in [2.05, 4.69) is 15.9 Å². The lowest BCUT2D eigenvalue weighted by Gasteiger charge is -2.32. The molecule has 57 heavy (non-hydrogen) atoms. The highest BCUT2D eigenvalue weighted by Gasteiger charge is 2.72. The van der Waals surface area contributed by atoms with Crippen LogP contribution in [0.15, 0.2) is 89.4 Å². The summed E-state index contributed by atoms with van der Waals surface area (Å²) < 4.78 is 161. The van der Waals surface area contributed by atoms with E-state index >= 15 is 0 Å². The zero-order chi connectivity index (χ0) is 42.2. The van der Waals surface area contributed by atoms with Crippen LogP contribution in [0, 0.1) is 0 Å². The molecule has 0 aliphatic carbocycles. The molecule has 0 radical (unpaired) electrons. The topological polar surface area (TPSA) is 73.2 Å². The van der Waals surface area contributed by atoms with E-state index in [0.717, 1.165) is 51.1 Å². The average molecular weight is 888 g/mol. The Kier molecular flexibility index (Phi) is 12.3. The number of carbonyl (C=O) groups is 1. The first kappa shape index (κ1) is 43.6. The molecule has 0 saturated carbocycles. The van der Waals surface area contributed by atoms with Gasteiger partial charge in [0.2, 0.25) is 0 Å². The molecule has 0 bridgehead atoms. The zero-order valence-corrected chi connectivity index (χ0v) is 30.7. The number of halogens is 13. The molecular weight excluding hydrogens is 856 g/mol. The number of anilines is 2. The van der Waals surface area contributed by atoms with Crippen LogP contribution in [-0.4, -0.2) is 54.5 Å². The number of benzene rings is 4. The SMILES string of the molecule is O=COCc1ccc2c(c1)CCN2Cc1ccc(C(O)(C(F)(F)F)C(F)(F)F)cc1.OC(c1ccc(CN2CCc3cc(Br)ccc32)cc1)(C(F)(F)F)C(F)(F)F. The zero-order valence-electron chi connectivity index (χ0n) is 29.1. The molecule has 6 nitrogen and oxygen atoms in total. The Bertz CT molecular complexity index is 2000. The Morgan fingerprint density at radius 1 is 0.561 bits per heavy atom. The molecule has 0 atom stereocenters. The van der Waals surface area contributed by atoms with Gasteiger partial charge in [0.05, 0.1) is 0 Å². The maximum absolute atomic E-state index is 13.0. The molecule has 308 valence electrons. The van der Waals surface area contributed by atoms with Gasteiger partial charge >= 0.3 is 24.7 Å². The minimum absolute atomic E-state index is 0.138. The van der Waals surface area contributed by atoms with Gasteiger partial charge in [-0.1, -0.05) is 76.6 Å². The number of rotatable bonds is 9. The first-order valence-corrected chi connectivity index (χ1v) is 17.6. The molecule has 4 aromatic carbocycles. The first-order valence-electron chi connectivity index (χ1n) is 16.8. The predicted octanol–water partition coefficient (Wildman–Crippen LogP) is 9.56. The van der Waals surface area contributed by atoms with Crippen LogP contribution < -0.4 is 9.80 Å². The highest BCUT2D eigenvalue weighted by Crippen LogP contribution is 2.51. The van der Waals surface area contributed by atoms with Gasteiger partial charge in [0.1, 0.15) is 6.61 Å². The lowest BCUT2D eigenvalue weighted by molar-refractivity contribution is -0.376. The molecule has 0 amide bonds. The smallest absolute Gasteiger partial charge is 0.430 e. The van der Waals surface area contributed by atoms with E-state index in [1.54, 1.807) is 6.07 Å². The van der Waals surface area contributed by atoms with E-state index in [0.29, 0.717) is 67.9 Å². The number of ether oxygens (including phenoxy) is 1. The van der Waals surface area contributed by atoms with Crippen molar-refractivity contribution in [2.24, 2.45) is 0 Å². The number of alkyl halides is 12. The summed E-state index contributed by atoms with van der Waals surface area (Å²) in [6, 6.07) is 18.5. The quantitative estimate of drug-likeness (QED) is 0.129. The molecule has 0 spiro atoms. The number of hydrogen-bond donors (Lipinski definition) is 2. The van der Waals surface area contributed by atoms with Crippen LogP contribution in [0.3, 0.4) is 0 Å². The number of hydrogen-bond acceptors (Lipinski definition) is 6. The van der Waals surface area contributed by atoms with Crippen molar-refractivity contribution in [3.8, 4) is 0 Å². The van der Waals surface area contributed by atoms with Crippen molar-refractivity contribution in [2.45, 2.75) is 68.4 Å². The minimum Gasteiger partial charge on any atom is -0.463 e. The largest absolute Gasteiger partial charge is 0.463 e. The van der Waals surface area contributed by atoms with Gasteiger partial charge in [-0.3, -0.25) is 4.79 Å². The fraction of sp³-hybridized carbons (Fsp3) is 0.342. The van der Waals surface area contributed by atoms with Crippen molar-refractivity contribution in [3.63, 3.8) is 0 Å². The van der Waals surface area contributed by atoms with Crippen molar-refractivity contribution >= 4 is 33.8 Å².